The van der Waals surface area contributed by atoms with Gasteiger partial charge in [-0.1, -0.05) is 0 Å². The molecule has 1 fully saturated rings. The Morgan fingerprint density at radius 2 is 2.33 bits per heavy atom. The summed E-state index contributed by atoms with van der Waals surface area (Å²) in [5.41, 5.74) is 0. The van der Waals surface area contributed by atoms with Crippen LogP contribution in [0.2, 0.25) is 0 Å². The molecule has 2 heterocycles. The Labute approximate surface area is 82.3 Å². The molecule has 2 rings (SSSR count). The summed E-state index contributed by atoms with van der Waals surface area (Å²) in [7, 11) is 0. The Bertz CT molecular complexity index is 332. The monoisotopic (exact) mass is 276 g/mol. The minimum absolute atomic E-state index is 0.01000. The number of rotatable bonds is 0. The van der Waals surface area contributed by atoms with Gasteiger partial charge in [0.2, 0.25) is 5.91 Å². The molecule has 0 aliphatic carbocycles. The van der Waals surface area contributed by atoms with Crippen molar-refractivity contribution in [1.82, 2.24) is 5.32 Å². The molecule has 0 aromatic heterocycles. The molecule has 62 valence electrons. The van der Waals surface area contributed by atoms with Gasteiger partial charge in [0.05, 0.1) is 5.92 Å². The number of nitrogens with zero attached hydrogens (tertiary/aromatic N) is 1. The number of amidine groups is 1. The summed E-state index contributed by atoms with van der Waals surface area (Å²) in [6.07, 6.45) is 1.88. The Hall–Kier alpha value is -0.720. The summed E-state index contributed by atoms with van der Waals surface area (Å²) in [6, 6.07) is 0. The molecule has 12 heavy (non-hydrogen) atoms. The van der Waals surface area contributed by atoms with E-state index in [4.69, 9.17) is 0 Å². The lowest BCUT2D eigenvalue weighted by atomic mass is 10.1. The minimum atomic E-state index is -0.284. The largest absolute Gasteiger partial charge is 0.314 e. The molecule has 0 aromatic carbocycles. The molecule has 2 aliphatic rings. The molecular formula is C7H5IN2O2. The maximum Gasteiger partial charge on any atom is 0.272 e. The molecule has 0 aromatic rings. The number of fused-ring (bicyclic) bond motifs is 1. The second kappa shape index (κ2) is 2.65. The van der Waals surface area contributed by atoms with Gasteiger partial charge in [-0.15, -0.1) is 0 Å². The normalized spacial score (nSPS) is 27.6. The molecule has 1 saturated heterocycles. The molecule has 5 heteroatoms. The van der Waals surface area contributed by atoms with Crippen LogP contribution in [0.25, 0.3) is 0 Å². The lowest BCUT2D eigenvalue weighted by Crippen LogP contribution is -2.26. The first-order valence-corrected chi connectivity index (χ1v) is 4.54. The summed E-state index contributed by atoms with van der Waals surface area (Å²) in [5.74, 6) is 0.177. The van der Waals surface area contributed by atoms with Crippen LogP contribution >= 0.6 is 22.6 Å². The summed E-state index contributed by atoms with van der Waals surface area (Å²) < 4.78 is 0.890. The van der Waals surface area contributed by atoms with Crippen molar-refractivity contribution in [3.63, 3.8) is 0 Å². The zero-order valence-electron chi connectivity index (χ0n) is 6.00. The molecule has 0 bridgehead atoms. The van der Waals surface area contributed by atoms with E-state index in [-0.39, 0.29) is 17.7 Å². The number of hydrogen-bond acceptors (Lipinski definition) is 2. The lowest BCUT2D eigenvalue weighted by molar-refractivity contribution is -0.118. The van der Waals surface area contributed by atoms with Crippen LogP contribution in [0.4, 0.5) is 0 Å². The number of halogens is 1. The fourth-order valence-corrected chi connectivity index (χ4v) is 2.05. The number of amides is 2. The van der Waals surface area contributed by atoms with E-state index in [9.17, 15) is 9.59 Å². The van der Waals surface area contributed by atoms with Crippen molar-refractivity contribution in [3.8, 4) is 0 Å². The lowest BCUT2D eigenvalue weighted by Gasteiger charge is -2.11. The van der Waals surface area contributed by atoms with Crippen LogP contribution < -0.4 is 5.32 Å². The molecule has 1 N–H and O–H groups in total. The van der Waals surface area contributed by atoms with Gasteiger partial charge < -0.3 is 5.32 Å². The fourth-order valence-electron chi connectivity index (χ4n) is 1.27. The predicted molar refractivity (Wildman–Crippen MR) is 50.8 cm³/mol. The standard InChI is InChI=1S/C7H5IN2O2/c8-4-2-6(12)10-7-3(4)1-5(11)9-7/h2-3H,1H2,(H,9,10,11,12). The number of dihydropyridines is 1. The summed E-state index contributed by atoms with van der Waals surface area (Å²) >= 11 is 2.07. The fraction of sp³-hybridized carbons (Fsp3) is 0.286. The van der Waals surface area contributed by atoms with E-state index in [1.165, 1.54) is 6.08 Å². The zero-order chi connectivity index (χ0) is 8.72. The first-order valence-electron chi connectivity index (χ1n) is 3.46. The van der Waals surface area contributed by atoms with Gasteiger partial charge in [0, 0.05) is 16.1 Å². The topological polar surface area (TPSA) is 58.5 Å². The van der Waals surface area contributed by atoms with E-state index in [1.807, 2.05) is 0 Å². The number of nitrogens with one attached hydrogen (secondary N) is 1. The first kappa shape index (κ1) is 7.90. The number of carbonyl (C=O) groups excluding carboxylic acids is 2. The van der Waals surface area contributed by atoms with Gasteiger partial charge in [-0.05, 0) is 22.6 Å². The van der Waals surface area contributed by atoms with Crippen LogP contribution in [0.15, 0.2) is 14.6 Å². The van der Waals surface area contributed by atoms with Crippen molar-refractivity contribution in [2.45, 2.75) is 6.42 Å². The molecule has 2 aliphatic heterocycles. The Kier molecular flexibility index (Phi) is 1.75. The summed E-state index contributed by atoms with van der Waals surface area (Å²) in [5, 5.41) is 2.56. The Morgan fingerprint density at radius 3 is 3.08 bits per heavy atom. The van der Waals surface area contributed by atoms with E-state index in [1.54, 1.807) is 0 Å². The maximum atomic E-state index is 10.9. The summed E-state index contributed by atoms with van der Waals surface area (Å²) in [6.45, 7) is 0. The van der Waals surface area contributed by atoms with E-state index in [2.05, 4.69) is 32.9 Å². The van der Waals surface area contributed by atoms with Gasteiger partial charge in [-0.3, -0.25) is 9.59 Å². The molecule has 0 spiro atoms. The third kappa shape index (κ3) is 1.17. The predicted octanol–water partition coefficient (Wildman–Crippen LogP) is 0.380. The van der Waals surface area contributed by atoms with Gasteiger partial charge in [-0.2, -0.15) is 4.99 Å². The number of carbonyl (C=O) groups is 2. The summed E-state index contributed by atoms with van der Waals surface area (Å²) in [4.78, 5) is 25.5. The van der Waals surface area contributed by atoms with Crippen LogP contribution in [0.3, 0.4) is 0 Å². The third-order valence-corrected chi connectivity index (χ3v) is 2.88. The zero-order valence-corrected chi connectivity index (χ0v) is 8.16. The van der Waals surface area contributed by atoms with Crippen molar-refractivity contribution in [2.75, 3.05) is 0 Å². The van der Waals surface area contributed by atoms with E-state index in [0.717, 1.165) is 3.58 Å². The van der Waals surface area contributed by atoms with Crippen molar-refractivity contribution < 1.29 is 9.59 Å². The SMILES string of the molecule is O=C1C=C(I)C2CC(=O)NC2=N1. The second-order valence-corrected chi connectivity index (χ2v) is 3.92. The van der Waals surface area contributed by atoms with E-state index >= 15 is 0 Å². The first-order chi connectivity index (χ1) is 5.66. The van der Waals surface area contributed by atoms with Gasteiger partial charge in [0.25, 0.3) is 5.91 Å². The van der Waals surface area contributed by atoms with Gasteiger partial charge >= 0.3 is 0 Å². The van der Waals surface area contributed by atoms with Gasteiger partial charge in [0.1, 0.15) is 5.84 Å². The highest BCUT2D eigenvalue weighted by Crippen LogP contribution is 2.29. The van der Waals surface area contributed by atoms with Crippen LogP contribution in [-0.4, -0.2) is 17.6 Å². The van der Waals surface area contributed by atoms with Gasteiger partial charge in [-0.25, -0.2) is 0 Å². The van der Waals surface area contributed by atoms with Gasteiger partial charge in [0.15, 0.2) is 0 Å². The van der Waals surface area contributed by atoms with Crippen LogP contribution in [0.1, 0.15) is 6.42 Å². The maximum absolute atomic E-state index is 10.9. The quantitative estimate of drug-likeness (QED) is 0.650. The highest BCUT2D eigenvalue weighted by atomic mass is 127. The third-order valence-electron chi connectivity index (χ3n) is 1.81. The van der Waals surface area contributed by atoms with Crippen molar-refractivity contribution in [1.29, 1.82) is 0 Å². The van der Waals surface area contributed by atoms with E-state index < -0.39 is 0 Å². The van der Waals surface area contributed by atoms with Crippen molar-refractivity contribution >= 4 is 40.2 Å². The molecule has 2 amide bonds. The van der Waals surface area contributed by atoms with Crippen molar-refractivity contribution in [2.24, 2.45) is 10.9 Å². The Balaban J connectivity index is 2.38. The molecule has 4 nitrogen and oxygen atoms in total. The smallest absolute Gasteiger partial charge is 0.272 e. The Morgan fingerprint density at radius 1 is 1.58 bits per heavy atom. The van der Waals surface area contributed by atoms with Crippen LogP contribution in [0.5, 0.6) is 0 Å². The van der Waals surface area contributed by atoms with Crippen molar-refractivity contribution in [3.05, 3.63) is 9.66 Å². The molecule has 0 radical (unpaired) electrons. The van der Waals surface area contributed by atoms with E-state index in [0.29, 0.717) is 12.3 Å². The number of hydrogen-bond donors (Lipinski definition) is 1. The molecule has 1 unspecified atom stereocenters. The average Bonchev–Trinajstić information content (AvgIpc) is 2.29. The highest BCUT2D eigenvalue weighted by Gasteiger charge is 2.33. The van der Waals surface area contributed by atoms with Crippen LogP contribution in [-0.2, 0) is 9.59 Å². The molecular weight excluding hydrogens is 271 g/mol. The number of aliphatic imine (C=N–C) groups is 1. The highest BCUT2D eigenvalue weighted by molar-refractivity contribution is 14.1. The van der Waals surface area contributed by atoms with Crippen LogP contribution in [0, 0.1) is 5.92 Å². The minimum Gasteiger partial charge on any atom is -0.314 e. The average molecular weight is 276 g/mol. The second-order valence-electron chi connectivity index (χ2n) is 2.67. The molecule has 1 atom stereocenters. The molecule has 0 saturated carbocycles.